The standard InChI is InChI=1S/C24H41NO2/c1-7-12-22(18(4)14-11-13-17(2)3)19(5)24(27)25-20(6)23(26)21-15-9-8-10-16-21/h8-10,15-20,22-23,26H,7,11-14H2,1-6H3,(H,25,27)/t18?,19?,20?,22-,23?/m0/s1. The summed E-state index contributed by atoms with van der Waals surface area (Å²) in [6, 6.07) is 9.23. The lowest BCUT2D eigenvalue weighted by Gasteiger charge is -2.31. The van der Waals surface area contributed by atoms with Crippen LogP contribution in [0, 0.1) is 23.7 Å². The molecule has 5 atom stereocenters. The van der Waals surface area contributed by atoms with Gasteiger partial charge in [-0.25, -0.2) is 0 Å². The van der Waals surface area contributed by atoms with Crippen molar-refractivity contribution < 1.29 is 9.90 Å². The maximum atomic E-state index is 12.9. The van der Waals surface area contributed by atoms with Crippen LogP contribution >= 0.6 is 0 Å². The van der Waals surface area contributed by atoms with Gasteiger partial charge in [0.15, 0.2) is 0 Å². The number of hydrogen-bond acceptors (Lipinski definition) is 2. The van der Waals surface area contributed by atoms with Gasteiger partial charge in [0.25, 0.3) is 0 Å². The van der Waals surface area contributed by atoms with Gasteiger partial charge in [0.2, 0.25) is 5.91 Å². The molecule has 2 N–H and O–H groups in total. The number of carbonyl (C=O) groups is 1. The Labute approximate surface area is 167 Å². The van der Waals surface area contributed by atoms with E-state index in [1.165, 1.54) is 19.3 Å². The predicted octanol–water partition coefficient (Wildman–Crippen LogP) is 5.74. The van der Waals surface area contributed by atoms with Gasteiger partial charge in [0.1, 0.15) is 0 Å². The number of hydrogen-bond donors (Lipinski definition) is 2. The molecular formula is C24H41NO2. The molecule has 3 nitrogen and oxygen atoms in total. The van der Waals surface area contributed by atoms with Gasteiger partial charge in [0.05, 0.1) is 12.1 Å². The van der Waals surface area contributed by atoms with E-state index in [4.69, 9.17) is 0 Å². The van der Waals surface area contributed by atoms with E-state index in [1.807, 2.05) is 37.3 Å². The summed E-state index contributed by atoms with van der Waals surface area (Å²) in [5.74, 6) is 1.70. The first-order valence-electron chi connectivity index (χ1n) is 10.8. The molecule has 0 saturated heterocycles. The van der Waals surface area contributed by atoms with Gasteiger partial charge in [-0.2, -0.15) is 0 Å². The van der Waals surface area contributed by atoms with Crippen LogP contribution in [0.2, 0.25) is 0 Å². The number of carbonyl (C=O) groups excluding carboxylic acids is 1. The second kappa shape index (κ2) is 12.2. The summed E-state index contributed by atoms with van der Waals surface area (Å²) in [6.07, 6.45) is 5.16. The molecule has 0 radical (unpaired) electrons. The van der Waals surface area contributed by atoms with Crippen molar-refractivity contribution in [1.29, 1.82) is 0 Å². The third-order valence-corrected chi connectivity index (χ3v) is 5.83. The minimum absolute atomic E-state index is 0.0376. The highest BCUT2D eigenvalue weighted by molar-refractivity contribution is 5.79. The van der Waals surface area contributed by atoms with E-state index in [1.54, 1.807) is 0 Å². The fraction of sp³-hybridized carbons (Fsp3) is 0.708. The first-order valence-corrected chi connectivity index (χ1v) is 10.8. The fourth-order valence-corrected chi connectivity index (χ4v) is 3.99. The highest BCUT2D eigenvalue weighted by atomic mass is 16.3. The van der Waals surface area contributed by atoms with Crippen molar-refractivity contribution in [3.63, 3.8) is 0 Å². The Morgan fingerprint density at radius 3 is 2.19 bits per heavy atom. The molecule has 0 fully saturated rings. The molecule has 154 valence electrons. The van der Waals surface area contributed by atoms with Crippen LogP contribution in [0.5, 0.6) is 0 Å². The summed E-state index contributed by atoms with van der Waals surface area (Å²) < 4.78 is 0. The zero-order chi connectivity index (χ0) is 20.4. The van der Waals surface area contributed by atoms with Crippen molar-refractivity contribution in [2.75, 3.05) is 0 Å². The summed E-state index contributed by atoms with van der Waals surface area (Å²) in [5.41, 5.74) is 0.838. The Balaban J connectivity index is 2.65. The lowest BCUT2D eigenvalue weighted by atomic mass is 9.77. The van der Waals surface area contributed by atoms with Gasteiger partial charge in [-0.15, -0.1) is 0 Å². The van der Waals surface area contributed by atoms with E-state index in [0.29, 0.717) is 11.8 Å². The van der Waals surface area contributed by atoms with Crippen molar-refractivity contribution in [2.24, 2.45) is 23.7 Å². The summed E-state index contributed by atoms with van der Waals surface area (Å²) in [4.78, 5) is 12.9. The highest BCUT2D eigenvalue weighted by Crippen LogP contribution is 2.30. The molecule has 0 aromatic heterocycles. The number of benzene rings is 1. The monoisotopic (exact) mass is 375 g/mol. The number of aliphatic hydroxyl groups excluding tert-OH is 1. The zero-order valence-corrected chi connectivity index (χ0v) is 18.2. The van der Waals surface area contributed by atoms with Gasteiger partial charge < -0.3 is 10.4 Å². The van der Waals surface area contributed by atoms with Crippen LogP contribution in [-0.2, 0) is 4.79 Å². The van der Waals surface area contributed by atoms with Crippen LogP contribution in [0.25, 0.3) is 0 Å². The van der Waals surface area contributed by atoms with Crippen molar-refractivity contribution in [1.82, 2.24) is 5.32 Å². The Kier molecular flexibility index (Phi) is 10.7. The van der Waals surface area contributed by atoms with Crippen molar-refractivity contribution in [3.8, 4) is 0 Å². The van der Waals surface area contributed by atoms with Crippen LogP contribution < -0.4 is 5.32 Å². The molecule has 1 rings (SSSR count). The Hall–Kier alpha value is -1.35. The van der Waals surface area contributed by atoms with Gasteiger partial charge in [-0.3, -0.25) is 4.79 Å². The van der Waals surface area contributed by atoms with E-state index in [9.17, 15) is 9.90 Å². The summed E-state index contributed by atoms with van der Waals surface area (Å²) in [5, 5.41) is 13.6. The first-order chi connectivity index (χ1) is 12.8. The third kappa shape index (κ3) is 8.04. The SMILES string of the molecule is CCC[C@@H](C(C)CCCC(C)C)C(C)C(=O)NC(C)C(O)c1ccccc1. The molecule has 0 aliphatic rings. The van der Waals surface area contributed by atoms with Crippen LogP contribution in [0.1, 0.15) is 85.3 Å². The molecule has 4 unspecified atom stereocenters. The second-order valence-electron chi connectivity index (χ2n) is 8.70. The largest absolute Gasteiger partial charge is 0.386 e. The van der Waals surface area contributed by atoms with E-state index in [0.717, 1.165) is 24.3 Å². The average Bonchev–Trinajstić information content (AvgIpc) is 2.65. The quantitative estimate of drug-likeness (QED) is 0.489. The minimum atomic E-state index is -0.685. The molecule has 27 heavy (non-hydrogen) atoms. The smallest absolute Gasteiger partial charge is 0.223 e. The lowest BCUT2D eigenvalue weighted by molar-refractivity contribution is -0.128. The summed E-state index contributed by atoms with van der Waals surface area (Å²) >= 11 is 0. The van der Waals surface area contributed by atoms with E-state index in [-0.39, 0.29) is 17.9 Å². The molecule has 3 heteroatoms. The second-order valence-corrected chi connectivity index (χ2v) is 8.70. The van der Waals surface area contributed by atoms with Crippen molar-refractivity contribution in [2.45, 2.75) is 85.8 Å². The maximum Gasteiger partial charge on any atom is 0.223 e. The van der Waals surface area contributed by atoms with Gasteiger partial charge in [-0.1, -0.05) is 90.6 Å². The Morgan fingerprint density at radius 1 is 1.00 bits per heavy atom. The highest BCUT2D eigenvalue weighted by Gasteiger charge is 2.29. The van der Waals surface area contributed by atoms with Gasteiger partial charge in [-0.05, 0) is 36.7 Å². The number of aliphatic hydroxyl groups is 1. The molecule has 0 spiro atoms. The molecule has 0 heterocycles. The molecule has 0 aliphatic heterocycles. The van der Waals surface area contributed by atoms with Gasteiger partial charge >= 0.3 is 0 Å². The number of nitrogens with one attached hydrogen (secondary N) is 1. The van der Waals surface area contributed by atoms with Crippen molar-refractivity contribution in [3.05, 3.63) is 35.9 Å². The zero-order valence-electron chi connectivity index (χ0n) is 18.2. The molecule has 1 aromatic rings. The minimum Gasteiger partial charge on any atom is -0.386 e. The van der Waals surface area contributed by atoms with E-state index >= 15 is 0 Å². The molecule has 0 bridgehead atoms. The van der Waals surface area contributed by atoms with Crippen LogP contribution in [0.3, 0.4) is 0 Å². The normalized spacial score (nSPS) is 17.2. The Morgan fingerprint density at radius 2 is 1.63 bits per heavy atom. The van der Waals surface area contributed by atoms with Crippen molar-refractivity contribution >= 4 is 5.91 Å². The summed E-state index contributed by atoms with van der Waals surface area (Å²) in [6.45, 7) is 13.0. The molecule has 1 amide bonds. The third-order valence-electron chi connectivity index (χ3n) is 5.83. The lowest BCUT2D eigenvalue weighted by Crippen LogP contribution is -2.42. The van der Waals surface area contributed by atoms with E-state index in [2.05, 4.69) is 39.9 Å². The molecule has 0 saturated carbocycles. The fourth-order valence-electron chi connectivity index (χ4n) is 3.99. The average molecular weight is 376 g/mol. The Bertz CT molecular complexity index is 528. The number of amides is 1. The van der Waals surface area contributed by atoms with Crippen LogP contribution in [0.15, 0.2) is 30.3 Å². The molecule has 1 aromatic carbocycles. The van der Waals surface area contributed by atoms with Crippen LogP contribution in [0.4, 0.5) is 0 Å². The number of rotatable bonds is 12. The maximum absolute atomic E-state index is 12.9. The summed E-state index contributed by atoms with van der Waals surface area (Å²) in [7, 11) is 0. The predicted molar refractivity (Wildman–Crippen MR) is 114 cm³/mol. The van der Waals surface area contributed by atoms with E-state index < -0.39 is 6.10 Å². The first kappa shape index (κ1) is 23.7. The topological polar surface area (TPSA) is 49.3 Å². The molecular weight excluding hydrogens is 334 g/mol. The van der Waals surface area contributed by atoms with Crippen LogP contribution in [-0.4, -0.2) is 17.1 Å². The van der Waals surface area contributed by atoms with Gasteiger partial charge in [0, 0.05) is 5.92 Å². The molecule has 0 aliphatic carbocycles.